The molecule has 0 radical (unpaired) electrons. The Bertz CT molecular complexity index is 1190. The summed E-state index contributed by atoms with van der Waals surface area (Å²) in [5.74, 6) is 0.723. The second-order valence-corrected chi connectivity index (χ2v) is 7.25. The van der Waals surface area contributed by atoms with Crippen molar-refractivity contribution < 1.29 is 13.9 Å². The van der Waals surface area contributed by atoms with Crippen molar-refractivity contribution in [3.05, 3.63) is 47.9 Å². The number of carbonyl (C=O) groups excluding carboxylic acids is 1. The molecule has 142 valence electrons. The first kappa shape index (κ1) is 18.2. The van der Waals surface area contributed by atoms with Gasteiger partial charge in [0, 0.05) is 17.4 Å². The van der Waals surface area contributed by atoms with E-state index in [1.807, 2.05) is 38.1 Å². The summed E-state index contributed by atoms with van der Waals surface area (Å²) in [6, 6.07) is 9.21. The highest BCUT2D eigenvalue weighted by molar-refractivity contribution is 8.00. The van der Waals surface area contributed by atoms with Gasteiger partial charge in [-0.1, -0.05) is 17.8 Å². The molecule has 0 saturated carbocycles. The van der Waals surface area contributed by atoms with Crippen molar-refractivity contribution in [3.8, 4) is 5.75 Å². The number of nitrogens with zero attached hydrogens (tertiary/aromatic N) is 3. The van der Waals surface area contributed by atoms with Crippen LogP contribution in [0, 0.1) is 13.8 Å². The molecule has 3 heterocycles. The van der Waals surface area contributed by atoms with E-state index < -0.39 is 0 Å². The summed E-state index contributed by atoms with van der Waals surface area (Å²) in [4.78, 5) is 25.4. The fourth-order valence-electron chi connectivity index (χ4n) is 3.02. The van der Waals surface area contributed by atoms with Gasteiger partial charge < -0.3 is 14.5 Å². The molecule has 7 nitrogen and oxygen atoms in total. The summed E-state index contributed by atoms with van der Waals surface area (Å²) < 4.78 is 11.1. The second-order valence-electron chi connectivity index (χ2n) is 6.29. The molecule has 1 amide bonds. The number of nitrogens with one attached hydrogen (secondary N) is 1. The Morgan fingerprint density at radius 2 is 2.11 bits per heavy atom. The number of methoxy groups -OCH3 is 1. The highest BCUT2D eigenvalue weighted by Crippen LogP contribution is 2.33. The Hall–Kier alpha value is -3.13. The van der Waals surface area contributed by atoms with Gasteiger partial charge in [-0.05, 0) is 37.6 Å². The molecule has 4 rings (SSSR count). The van der Waals surface area contributed by atoms with Gasteiger partial charge in [-0.2, -0.15) is 0 Å². The summed E-state index contributed by atoms with van der Waals surface area (Å²) in [7, 11) is 1.59. The van der Waals surface area contributed by atoms with Crippen LogP contribution in [-0.4, -0.2) is 33.7 Å². The molecule has 8 heteroatoms. The molecule has 0 aliphatic carbocycles. The molecule has 0 fully saturated rings. The number of anilines is 1. The van der Waals surface area contributed by atoms with Crippen molar-refractivity contribution in [2.75, 3.05) is 18.2 Å². The first-order valence-electron chi connectivity index (χ1n) is 8.63. The Labute approximate surface area is 165 Å². The monoisotopic (exact) mass is 394 g/mol. The van der Waals surface area contributed by atoms with Gasteiger partial charge in [-0.15, -0.1) is 0 Å². The largest absolute Gasteiger partial charge is 0.497 e. The number of rotatable bonds is 5. The number of hydrogen-bond acceptors (Lipinski definition) is 7. The van der Waals surface area contributed by atoms with Crippen molar-refractivity contribution in [2.45, 2.75) is 18.9 Å². The highest BCUT2D eigenvalue weighted by atomic mass is 32.2. The summed E-state index contributed by atoms with van der Waals surface area (Å²) in [5, 5.41) is 4.34. The van der Waals surface area contributed by atoms with E-state index in [4.69, 9.17) is 9.15 Å². The van der Waals surface area contributed by atoms with E-state index in [1.165, 1.54) is 18.1 Å². The maximum atomic E-state index is 12.3. The Kier molecular flexibility index (Phi) is 4.87. The third-order valence-corrected chi connectivity index (χ3v) is 5.18. The lowest BCUT2D eigenvalue weighted by Crippen LogP contribution is -2.14. The standard InChI is InChI=1S/C20H18N4O3S/c1-11-7-12(2)23-19-16(11)17-18(27-19)20(22-10-21-17)28-9-15(25)24-13-5-4-6-14(8-13)26-3/h4-8,10H,9H2,1-3H3,(H,24,25). The molecule has 1 aromatic carbocycles. The number of fused-ring (bicyclic) bond motifs is 3. The van der Waals surface area contributed by atoms with Crippen LogP contribution in [0.4, 0.5) is 5.69 Å². The van der Waals surface area contributed by atoms with Crippen LogP contribution in [0.5, 0.6) is 5.75 Å². The minimum absolute atomic E-state index is 0.147. The normalized spacial score (nSPS) is 11.1. The predicted molar refractivity (Wildman–Crippen MR) is 109 cm³/mol. The van der Waals surface area contributed by atoms with E-state index in [-0.39, 0.29) is 11.7 Å². The predicted octanol–water partition coefficient (Wildman–Crippen LogP) is 4.13. The van der Waals surface area contributed by atoms with E-state index in [1.54, 1.807) is 13.2 Å². The highest BCUT2D eigenvalue weighted by Gasteiger charge is 2.17. The van der Waals surface area contributed by atoms with Crippen molar-refractivity contribution >= 4 is 45.6 Å². The van der Waals surface area contributed by atoms with Crippen LogP contribution in [0.1, 0.15) is 11.3 Å². The number of aromatic nitrogens is 3. The third kappa shape index (κ3) is 3.50. The second kappa shape index (κ2) is 7.47. The van der Waals surface area contributed by atoms with Crippen molar-refractivity contribution in [2.24, 2.45) is 0 Å². The molecule has 0 aliphatic rings. The van der Waals surface area contributed by atoms with E-state index in [0.717, 1.165) is 16.6 Å². The van der Waals surface area contributed by atoms with Crippen LogP contribution < -0.4 is 10.1 Å². The summed E-state index contributed by atoms with van der Waals surface area (Å²) in [6.45, 7) is 3.92. The van der Waals surface area contributed by atoms with Crippen LogP contribution in [0.25, 0.3) is 22.2 Å². The number of furan rings is 1. The van der Waals surface area contributed by atoms with E-state index >= 15 is 0 Å². The van der Waals surface area contributed by atoms with Crippen LogP contribution >= 0.6 is 11.8 Å². The van der Waals surface area contributed by atoms with Crippen molar-refractivity contribution in [1.29, 1.82) is 0 Å². The summed E-state index contributed by atoms with van der Waals surface area (Å²) >= 11 is 1.30. The Morgan fingerprint density at radius 1 is 1.25 bits per heavy atom. The molecule has 0 unspecified atom stereocenters. The van der Waals surface area contributed by atoms with Gasteiger partial charge >= 0.3 is 0 Å². The van der Waals surface area contributed by atoms with Crippen molar-refractivity contribution in [1.82, 2.24) is 15.0 Å². The lowest BCUT2D eigenvalue weighted by Gasteiger charge is -2.06. The minimum Gasteiger partial charge on any atom is -0.497 e. The van der Waals surface area contributed by atoms with Gasteiger partial charge in [0.15, 0.2) is 5.58 Å². The number of aryl methyl sites for hydroxylation is 2. The zero-order valence-electron chi connectivity index (χ0n) is 15.6. The molecule has 3 aromatic heterocycles. The number of amides is 1. The van der Waals surface area contributed by atoms with Crippen LogP contribution in [0.2, 0.25) is 0 Å². The van der Waals surface area contributed by atoms with Gasteiger partial charge in [0.1, 0.15) is 22.6 Å². The topological polar surface area (TPSA) is 90.1 Å². The molecule has 4 aromatic rings. The van der Waals surface area contributed by atoms with E-state index in [9.17, 15) is 4.79 Å². The molecule has 0 saturated heterocycles. The van der Waals surface area contributed by atoms with Crippen LogP contribution in [0.3, 0.4) is 0 Å². The fourth-order valence-corrected chi connectivity index (χ4v) is 3.75. The zero-order valence-corrected chi connectivity index (χ0v) is 16.5. The SMILES string of the molecule is COc1cccc(NC(=O)CSc2ncnc3c2oc2nc(C)cc(C)c23)c1. The average Bonchev–Trinajstić information content (AvgIpc) is 3.05. The first-order valence-corrected chi connectivity index (χ1v) is 9.62. The maximum absolute atomic E-state index is 12.3. The molecular formula is C20H18N4O3S. The lowest BCUT2D eigenvalue weighted by atomic mass is 10.1. The lowest BCUT2D eigenvalue weighted by molar-refractivity contribution is -0.113. The number of carbonyl (C=O) groups is 1. The van der Waals surface area contributed by atoms with Gasteiger partial charge in [0.25, 0.3) is 0 Å². The van der Waals surface area contributed by atoms with E-state index in [2.05, 4.69) is 20.3 Å². The van der Waals surface area contributed by atoms with Gasteiger partial charge in [-0.25, -0.2) is 15.0 Å². The number of ether oxygens (including phenoxy) is 1. The average molecular weight is 394 g/mol. The molecule has 0 atom stereocenters. The third-order valence-electron chi connectivity index (χ3n) is 4.21. The molecular weight excluding hydrogens is 376 g/mol. The fraction of sp³-hybridized carbons (Fsp3) is 0.200. The Balaban J connectivity index is 1.56. The van der Waals surface area contributed by atoms with Crippen LogP contribution in [0.15, 0.2) is 46.1 Å². The number of thioether (sulfide) groups is 1. The van der Waals surface area contributed by atoms with Gasteiger partial charge in [0.05, 0.1) is 18.2 Å². The number of benzene rings is 1. The molecule has 0 aliphatic heterocycles. The maximum Gasteiger partial charge on any atom is 0.234 e. The van der Waals surface area contributed by atoms with Crippen molar-refractivity contribution in [3.63, 3.8) is 0 Å². The Morgan fingerprint density at radius 3 is 2.93 bits per heavy atom. The molecule has 0 bridgehead atoms. The van der Waals surface area contributed by atoms with Gasteiger partial charge in [0.2, 0.25) is 11.6 Å². The quantitative estimate of drug-likeness (QED) is 0.402. The smallest absolute Gasteiger partial charge is 0.234 e. The van der Waals surface area contributed by atoms with E-state index in [0.29, 0.717) is 33.3 Å². The number of hydrogen-bond donors (Lipinski definition) is 1. The molecule has 28 heavy (non-hydrogen) atoms. The van der Waals surface area contributed by atoms with Crippen LogP contribution in [-0.2, 0) is 4.79 Å². The number of pyridine rings is 1. The zero-order chi connectivity index (χ0) is 19.7. The molecule has 0 spiro atoms. The minimum atomic E-state index is -0.147. The van der Waals surface area contributed by atoms with Gasteiger partial charge in [-0.3, -0.25) is 4.79 Å². The molecule has 1 N–H and O–H groups in total. The summed E-state index contributed by atoms with van der Waals surface area (Å²) in [6.07, 6.45) is 1.49. The first-order chi connectivity index (χ1) is 13.5. The summed E-state index contributed by atoms with van der Waals surface area (Å²) in [5.41, 5.74) is 4.41.